The van der Waals surface area contributed by atoms with Crippen LogP contribution >= 0.6 is 0 Å². The minimum atomic E-state index is -1.04. The molecule has 1 aromatic carbocycles. The molecule has 2 aromatic rings. The quantitative estimate of drug-likeness (QED) is 0.860. The Bertz CT molecular complexity index is 668. The molecule has 0 saturated carbocycles. The van der Waals surface area contributed by atoms with Gasteiger partial charge in [-0.25, -0.2) is 4.79 Å². The number of hydrogen-bond acceptors (Lipinski definition) is 2. The summed E-state index contributed by atoms with van der Waals surface area (Å²) in [6.45, 7) is 3.84. The third-order valence-corrected chi connectivity index (χ3v) is 3.11. The number of nitrogens with zero attached hydrogens (tertiary/aromatic N) is 1. The number of benzene rings is 1. The number of aromatic carboxylic acids is 1. The van der Waals surface area contributed by atoms with Crippen molar-refractivity contribution in [1.29, 1.82) is 0 Å². The molecule has 0 bridgehead atoms. The third kappa shape index (κ3) is 2.42. The Morgan fingerprint density at radius 2 is 1.84 bits per heavy atom. The molecule has 2 rings (SSSR count). The van der Waals surface area contributed by atoms with Crippen molar-refractivity contribution in [3.05, 3.63) is 58.4 Å². The first-order valence-electron chi connectivity index (χ1n) is 5.91. The van der Waals surface area contributed by atoms with Crippen molar-refractivity contribution in [3.8, 4) is 0 Å². The highest BCUT2D eigenvalue weighted by Crippen LogP contribution is 2.17. The lowest BCUT2D eigenvalue weighted by Crippen LogP contribution is -2.03. The minimum absolute atomic E-state index is 0.105. The van der Waals surface area contributed by atoms with Crippen molar-refractivity contribution in [2.75, 3.05) is 0 Å². The van der Waals surface area contributed by atoms with Crippen LogP contribution in [0.2, 0.25) is 0 Å². The second kappa shape index (κ2) is 4.72. The van der Waals surface area contributed by atoms with Crippen LogP contribution in [0.15, 0.2) is 30.5 Å². The lowest BCUT2D eigenvalue weighted by atomic mass is 9.99. The van der Waals surface area contributed by atoms with Crippen LogP contribution in [-0.2, 0) is 7.05 Å². The van der Waals surface area contributed by atoms with Crippen LogP contribution in [0.25, 0.3) is 0 Å². The van der Waals surface area contributed by atoms with Gasteiger partial charge in [-0.1, -0.05) is 23.8 Å². The van der Waals surface area contributed by atoms with E-state index in [0.717, 1.165) is 11.1 Å². The predicted molar refractivity (Wildman–Crippen MR) is 71.7 cm³/mol. The molecular weight excluding hydrogens is 242 g/mol. The first-order valence-corrected chi connectivity index (χ1v) is 5.91. The summed E-state index contributed by atoms with van der Waals surface area (Å²) in [5.74, 6) is -1.19. The summed E-state index contributed by atoms with van der Waals surface area (Å²) in [7, 11) is 1.61. The molecule has 4 heteroatoms. The molecule has 1 heterocycles. The van der Waals surface area contributed by atoms with Gasteiger partial charge in [0.2, 0.25) is 0 Å². The van der Waals surface area contributed by atoms with E-state index in [4.69, 9.17) is 5.11 Å². The molecule has 0 aliphatic heterocycles. The fraction of sp³-hybridized carbons (Fsp3) is 0.200. The molecule has 0 unspecified atom stereocenters. The van der Waals surface area contributed by atoms with E-state index in [1.165, 1.54) is 10.6 Å². The summed E-state index contributed by atoms with van der Waals surface area (Å²) >= 11 is 0. The Hall–Kier alpha value is -2.36. The van der Waals surface area contributed by atoms with E-state index in [1.54, 1.807) is 19.3 Å². The van der Waals surface area contributed by atoms with E-state index in [2.05, 4.69) is 0 Å². The average Bonchev–Trinajstić information content (AvgIpc) is 2.70. The molecule has 19 heavy (non-hydrogen) atoms. The summed E-state index contributed by atoms with van der Waals surface area (Å²) in [6.07, 6.45) is 1.55. The van der Waals surface area contributed by atoms with Gasteiger partial charge in [0.15, 0.2) is 5.78 Å². The Morgan fingerprint density at radius 3 is 2.37 bits per heavy atom. The van der Waals surface area contributed by atoms with Crippen LogP contribution < -0.4 is 0 Å². The highest BCUT2D eigenvalue weighted by molar-refractivity contribution is 6.10. The van der Waals surface area contributed by atoms with Gasteiger partial charge < -0.3 is 9.67 Å². The van der Waals surface area contributed by atoms with Crippen molar-refractivity contribution in [1.82, 2.24) is 4.57 Å². The van der Waals surface area contributed by atoms with Crippen molar-refractivity contribution in [2.24, 2.45) is 7.05 Å². The van der Waals surface area contributed by atoms with Crippen LogP contribution in [0, 0.1) is 13.8 Å². The molecule has 4 nitrogen and oxygen atoms in total. The average molecular weight is 257 g/mol. The Balaban J connectivity index is 2.44. The number of aryl methyl sites for hydroxylation is 3. The fourth-order valence-electron chi connectivity index (χ4n) is 2.13. The lowest BCUT2D eigenvalue weighted by molar-refractivity contribution is 0.0686. The van der Waals surface area contributed by atoms with Gasteiger partial charge in [0.1, 0.15) is 5.69 Å². The molecule has 0 aliphatic carbocycles. The standard InChI is InChI=1S/C15H15NO3/c1-9-4-5-12(10(2)6-9)14(17)11-7-13(15(18)19)16(3)8-11/h4-8H,1-3H3,(H,18,19). The molecule has 0 amide bonds. The van der Waals surface area contributed by atoms with E-state index < -0.39 is 5.97 Å². The van der Waals surface area contributed by atoms with Gasteiger partial charge in [-0.05, 0) is 25.5 Å². The normalized spacial score (nSPS) is 10.5. The second-order valence-electron chi connectivity index (χ2n) is 4.68. The van der Waals surface area contributed by atoms with E-state index in [0.29, 0.717) is 11.1 Å². The van der Waals surface area contributed by atoms with Gasteiger partial charge in [-0.15, -0.1) is 0 Å². The number of carboxylic acids is 1. The summed E-state index contributed by atoms with van der Waals surface area (Å²) in [5, 5.41) is 8.99. The van der Waals surface area contributed by atoms with E-state index in [-0.39, 0.29) is 11.5 Å². The lowest BCUT2D eigenvalue weighted by Gasteiger charge is -2.04. The van der Waals surface area contributed by atoms with Crippen LogP contribution in [-0.4, -0.2) is 21.4 Å². The Morgan fingerprint density at radius 1 is 1.16 bits per heavy atom. The molecule has 0 atom stereocenters. The SMILES string of the molecule is Cc1ccc(C(=O)c2cc(C(=O)O)n(C)c2)c(C)c1. The highest BCUT2D eigenvalue weighted by Gasteiger charge is 2.17. The number of ketones is 1. The summed E-state index contributed by atoms with van der Waals surface area (Å²) < 4.78 is 1.44. The molecule has 0 saturated heterocycles. The monoisotopic (exact) mass is 257 g/mol. The van der Waals surface area contributed by atoms with E-state index in [9.17, 15) is 9.59 Å². The predicted octanol–water partition coefficient (Wildman–Crippen LogP) is 2.57. The third-order valence-electron chi connectivity index (χ3n) is 3.11. The largest absolute Gasteiger partial charge is 0.477 e. The molecule has 98 valence electrons. The number of rotatable bonds is 3. The van der Waals surface area contributed by atoms with Crippen molar-refractivity contribution in [2.45, 2.75) is 13.8 Å². The first kappa shape index (κ1) is 13.1. The number of aromatic nitrogens is 1. The van der Waals surface area contributed by atoms with Crippen molar-refractivity contribution in [3.63, 3.8) is 0 Å². The van der Waals surface area contributed by atoms with Gasteiger partial charge in [0.25, 0.3) is 0 Å². The molecule has 0 radical (unpaired) electrons. The van der Waals surface area contributed by atoms with Crippen molar-refractivity contribution < 1.29 is 14.7 Å². The maximum Gasteiger partial charge on any atom is 0.352 e. The zero-order chi connectivity index (χ0) is 14.2. The number of carboxylic acid groups (broad SMARTS) is 1. The topological polar surface area (TPSA) is 59.3 Å². The first-order chi connectivity index (χ1) is 8.90. The summed E-state index contributed by atoms with van der Waals surface area (Å²) in [6, 6.07) is 7.00. The summed E-state index contributed by atoms with van der Waals surface area (Å²) in [5.41, 5.74) is 3.09. The van der Waals surface area contributed by atoms with Crippen LogP contribution in [0.3, 0.4) is 0 Å². The van der Waals surface area contributed by atoms with Gasteiger partial charge in [0, 0.05) is 24.4 Å². The second-order valence-corrected chi connectivity index (χ2v) is 4.68. The van der Waals surface area contributed by atoms with Crippen LogP contribution in [0.5, 0.6) is 0 Å². The number of hydrogen-bond donors (Lipinski definition) is 1. The van der Waals surface area contributed by atoms with Crippen LogP contribution in [0.4, 0.5) is 0 Å². The highest BCUT2D eigenvalue weighted by atomic mass is 16.4. The zero-order valence-electron chi connectivity index (χ0n) is 11.1. The van der Waals surface area contributed by atoms with Gasteiger partial charge in [-0.3, -0.25) is 4.79 Å². The molecule has 1 aromatic heterocycles. The smallest absolute Gasteiger partial charge is 0.352 e. The Kier molecular flexibility index (Phi) is 3.25. The van der Waals surface area contributed by atoms with E-state index in [1.807, 2.05) is 26.0 Å². The molecule has 0 spiro atoms. The summed E-state index contributed by atoms with van der Waals surface area (Å²) in [4.78, 5) is 23.3. The molecule has 1 N–H and O–H groups in total. The number of carbonyl (C=O) groups excluding carboxylic acids is 1. The van der Waals surface area contributed by atoms with Crippen LogP contribution in [0.1, 0.15) is 37.5 Å². The van der Waals surface area contributed by atoms with Crippen molar-refractivity contribution >= 4 is 11.8 Å². The molecule has 0 aliphatic rings. The van der Waals surface area contributed by atoms with E-state index >= 15 is 0 Å². The molecular formula is C15H15NO3. The maximum absolute atomic E-state index is 12.4. The zero-order valence-corrected chi connectivity index (χ0v) is 11.1. The fourth-order valence-corrected chi connectivity index (χ4v) is 2.13. The Labute approximate surface area is 111 Å². The van der Waals surface area contributed by atoms with Gasteiger partial charge >= 0.3 is 5.97 Å². The minimum Gasteiger partial charge on any atom is -0.477 e. The van der Waals surface area contributed by atoms with Gasteiger partial charge in [0.05, 0.1) is 0 Å². The maximum atomic E-state index is 12.4. The molecule has 0 fully saturated rings. The number of carbonyl (C=O) groups is 2. The van der Waals surface area contributed by atoms with Gasteiger partial charge in [-0.2, -0.15) is 0 Å².